The Hall–Kier alpha value is -2.15. The Bertz CT molecular complexity index is 633. The van der Waals surface area contributed by atoms with Crippen LogP contribution < -0.4 is 10.8 Å². The molecule has 0 atom stereocenters. The van der Waals surface area contributed by atoms with E-state index in [4.69, 9.17) is 0 Å². The topological polar surface area (TPSA) is 107 Å². The van der Waals surface area contributed by atoms with Crippen LogP contribution >= 0.6 is 10.2 Å². The molecule has 1 aromatic rings. The van der Waals surface area contributed by atoms with Crippen molar-refractivity contribution in [3.05, 3.63) is 27.5 Å². The maximum absolute atomic E-state index is 12.8. The first-order valence-electron chi connectivity index (χ1n) is 4.88. The third kappa shape index (κ3) is 3.91. The number of nitrogens with one attached hydrogen (secondary N) is 2. The Labute approximate surface area is 113 Å². The highest BCUT2D eigenvalue weighted by Gasteiger charge is 2.69. The van der Waals surface area contributed by atoms with Gasteiger partial charge in [0.1, 0.15) is 0 Å². The zero-order valence-electron chi connectivity index (χ0n) is 10.0. The number of carbonyl (C=O) groups is 1. The third-order valence-corrected chi connectivity index (χ3v) is 3.29. The van der Waals surface area contributed by atoms with Gasteiger partial charge >= 0.3 is 10.2 Å². The minimum Gasteiger partial charge on any atom is -0.761 e. The minimum absolute atomic E-state index is 0.0223. The summed E-state index contributed by atoms with van der Waals surface area (Å²) in [5, 5.41) is 22.8. The van der Waals surface area contributed by atoms with Gasteiger partial charge < -0.3 is 16.0 Å². The Kier molecular flexibility index (Phi) is 3.36. The van der Waals surface area contributed by atoms with E-state index in [1.54, 1.807) is 5.32 Å². The lowest BCUT2D eigenvalue weighted by Gasteiger charge is -2.40. The molecule has 0 aromatic heterocycles. The van der Waals surface area contributed by atoms with Crippen molar-refractivity contribution < 1.29 is 29.1 Å². The van der Waals surface area contributed by atoms with E-state index in [9.17, 15) is 39.5 Å². The van der Waals surface area contributed by atoms with Crippen molar-refractivity contribution in [3.63, 3.8) is 0 Å². The Morgan fingerprint density at radius 3 is 2.05 bits per heavy atom. The number of nitro benzene ring substituents is 1. The monoisotopic (exact) mass is 336 g/mol. The van der Waals surface area contributed by atoms with Crippen LogP contribution in [0.1, 0.15) is 6.92 Å². The second-order valence-corrected chi connectivity index (χ2v) is 6.25. The number of nitro groups is 1. The van der Waals surface area contributed by atoms with E-state index < -0.39 is 43.0 Å². The molecule has 0 saturated heterocycles. The van der Waals surface area contributed by atoms with Gasteiger partial charge in [-0.3, -0.25) is 14.9 Å². The molecule has 0 aliphatic carbocycles. The van der Waals surface area contributed by atoms with Crippen molar-refractivity contribution in [2.75, 3.05) is 10.8 Å². The van der Waals surface area contributed by atoms with Crippen LogP contribution in [0.5, 0.6) is 0 Å². The van der Waals surface area contributed by atoms with Crippen molar-refractivity contribution in [3.8, 4) is 0 Å². The van der Waals surface area contributed by atoms with Gasteiger partial charge in [-0.2, -0.15) is 0 Å². The molecular weight excluding hydrogens is 329 g/mol. The molecule has 2 N–H and O–H groups in total. The number of nitrogens with zero attached hydrogens (tertiary/aromatic N) is 1. The van der Waals surface area contributed by atoms with Crippen LogP contribution in [0.15, 0.2) is 17.0 Å². The first kappa shape index (κ1) is 16.9. The van der Waals surface area contributed by atoms with Crippen LogP contribution in [0.3, 0.4) is 0 Å². The quantitative estimate of drug-likeness (QED) is 0.488. The van der Waals surface area contributed by atoms with Gasteiger partial charge in [0, 0.05) is 13.0 Å². The van der Waals surface area contributed by atoms with E-state index in [0.717, 1.165) is 12.4 Å². The summed E-state index contributed by atoms with van der Waals surface area (Å²) in [5.74, 6) is -0.964. The van der Waals surface area contributed by atoms with Crippen LogP contribution in [0.25, 0.3) is 0 Å². The van der Waals surface area contributed by atoms with Gasteiger partial charge in [0.15, 0.2) is 4.90 Å². The van der Waals surface area contributed by atoms with Crippen LogP contribution in [0.4, 0.5) is 36.5 Å². The predicted octanol–water partition coefficient (Wildman–Crippen LogP) is 4.12. The van der Waals surface area contributed by atoms with Crippen molar-refractivity contribution >= 4 is 33.2 Å². The number of benzene rings is 1. The molecule has 0 aliphatic heterocycles. The highest BCUT2D eigenvalue weighted by Crippen LogP contribution is 3.03. The molecule has 0 bridgehead atoms. The second kappa shape index (κ2) is 4.17. The number of amides is 1. The van der Waals surface area contributed by atoms with Gasteiger partial charge in [-0.05, 0) is 6.07 Å². The predicted molar refractivity (Wildman–Crippen MR) is 65.8 cm³/mol. The van der Waals surface area contributed by atoms with E-state index in [-0.39, 0.29) is 12.1 Å². The first-order valence-corrected chi connectivity index (χ1v) is 6.83. The Morgan fingerprint density at radius 1 is 1.19 bits per heavy atom. The van der Waals surface area contributed by atoms with E-state index in [0.29, 0.717) is 0 Å². The fraction of sp³-hybridized carbons (Fsp3) is 0.125. The lowest BCUT2D eigenvalue weighted by molar-refractivity contribution is -0.388. The summed E-state index contributed by atoms with van der Waals surface area (Å²) in [6, 6.07) is -0.368. The molecule has 1 amide bonds. The number of hydrogen-bond donors (Lipinski definition) is 2. The van der Waals surface area contributed by atoms with Gasteiger partial charge in [-0.25, -0.2) is 0 Å². The summed E-state index contributed by atoms with van der Waals surface area (Å²) in [6.07, 6.45) is 0. The number of halogens is 5. The minimum atomic E-state index is -10.4. The van der Waals surface area contributed by atoms with Gasteiger partial charge in [-0.15, -0.1) is 0 Å². The average Bonchev–Trinajstić information content (AvgIpc) is 2.24. The average molecular weight is 336 g/mol. The molecule has 0 spiro atoms. The summed E-state index contributed by atoms with van der Waals surface area (Å²) < 4.78 is 64.0. The van der Waals surface area contributed by atoms with Gasteiger partial charge in [0.05, 0.1) is 16.3 Å². The molecule has 120 valence electrons. The highest BCUT2D eigenvalue weighted by molar-refractivity contribution is 8.45. The van der Waals surface area contributed by atoms with E-state index in [1.807, 2.05) is 0 Å². The van der Waals surface area contributed by atoms with Gasteiger partial charge in [0.25, 0.3) is 5.69 Å². The molecule has 1 rings (SSSR count). The number of anilines is 2. The number of carbonyl (C=O) groups excluding carboxylic acids is 1. The summed E-state index contributed by atoms with van der Waals surface area (Å²) >= 11 is 0. The molecule has 0 unspecified atom stereocenters. The molecular formula is C8H7F5N3O4S-. The summed E-state index contributed by atoms with van der Waals surface area (Å²) in [5.41, 5.74) is -2.78. The Balaban J connectivity index is 3.78. The SMILES string of the molecule is CC(=O)Nc1cc(S(F)(F)(F)(F)F)c([N+](=O)[O-])cc1N[O-]. The summed E-state index contributed by atoms with van der Waals surface area (Å²) in [6.45, 7) is 0.843. The Morgan fingerprint density at radius 2 is 1.71 bits per heavy atom. The molecule has 7 nitrogen and oxygen atoms in total. The van der Waals surface area contributed by atoms with Crippen molar-refractivity contribution in [1.82, 2.24) is 0 Å². The zero-order valence-corrected chi connectivity index (χ0v) is 10.8. The summed E-state index contributed by atoms with van der Waals surface area (Å²) in [4.78, 5) is 16.8. The normalized spacial score (nSPS) is 14.8. The van der Waals surface area contributed by atoms with Crippen molar-refractivity contribution in [2.45, 2.75) is 11.8 Å². The van der Waals surface area contributed by atoms with Crippen LogP contribution in [0, 0.1) is 15.3 Å². The first-order chi connectivity index (χ1) is 9.15. The van der Waals surface area contributed by atoms with Crippen molar-refractivity contribution in [2.24, 2.45) is 0 Å². The fourth-order valence-corrected chi connectivity index (χ4v) is 2.27. The molecule has 0 heterocycles. The molecule has 13 heteroatoms. The standard InChI is InChI=1S/C8H7F5N3O4S/c1-4(17)14-5-3-8(21(9,10,11,12)13)7(16(19)20)2-6(5)15-18/h2-3,15H,1H3,(H,14,17)/q-1. The van der Waals surface area contributed by atoms with E-state index in [2.05, 4.69) is 0 Å². The fourth-order valence-electron chi connectivity index (χ4n) is 1.40. The van der Waals surface area contributed by atoms with Gasteiger partial charge in [0.2, 0.25) is 5.91 Å². The van der Waals surface area contributed by atoms with Gasteiger partial charge in [-0.1, -0.05) is 19.4 Å². The van der Waals surface area contributed by atoms with E-state index >= 15 is 0 Å². The number of rotatable bonds is 4. The molecule has 0 saturated carbocycles. The highest BCUT2D eigenvalue weighted by atomic mass is 32.5. The molecule has 0 radical (unpaired) electrons. The summed E-state index contributed by atoms with van der Waals surface area (Å²) in [7, 11) is -10.4. The lowest BCUT2D eigenvalue weighted by atomic mass is 10.2. The smallest absolute Gasteiger partial charge is 0.316 e. The lowest BCUT2D eigenvalue weighted by Crippen LogP contribution is -2.13. The molecule has 1 aromatic carbocycles. The largest absolute Gasteiger partial charge is 0.761 e. The number of hydrogen-bond acceptors (Lipinski definition) is 5. The maximum atomic E-state index is 12.8. The third-order valence-electron chi connectivity index (χ3n) is 2.13. The molecule has 0 aliphatic rings. The van der Waals surface area contributed by atoms with Crippen LogP contribution in [-0.2, 0) is 4.79 Å². The second-order valence-electron chi connectivity index (χ2n) is 3.87. The zero-order chi connectivity index (χ0) is 16.7. The molecule has 21 heavy (non-hydrogen) atoms. The van der Waals surface area contributed by atoms with Crippen LogP contribution in [0.2, 0.25) is 0 Å². The molecule has 0 fully saturated rings. The maximum Gasteiger partial charge on any atom is 0.316 e. The van der Waals surface area contributed by atoms with Crippen molar-refractivity contribution in [1.29, 1.82) is 0 Å². The van der Waals surface area contributed by atoms with Crippen LogP contribution in [-0.4, -0.2) is 10.8 Å². The van der Waals surface area contributed by atoms with E-state index in [1.165, 1.54) is 0 Å².